The van der Waals surface area contributed by atoms with Gasteiger partial charge in [0.05, 0.1) is 0 Å². The van der Waals surface area contributed by atoms with Gasteiger partial charge in [-0.3, -0.25) is 9.89 Å². The van der Waals surface area contributed by atoms with Gasteiger partial charge in [0.1, 0.15) is 12.4 Å². The highest BCUT2D eigenvalue weighted by atomic mass is 15.1. The zero-order valence-electron chi connectivity index (χ0n) is 13.5. The average molecular weight is 306 g/mol. The van der Waals surface area contributed by atoms with Crippen molar-refractivity contribution in [2.75, 3.05) is 19.6 Å². The van der Waals surface area contributed by atoms with Gasteiger partial charge in [-0.1, -0.05) is 55.5 Å². The van der Waals surface area contributed by atoms with Crippen LogP contribution in [-0.4, -0.2) is 30.4 Å². The first-order valence-electron chi connectivity index (χ1n) is 8.33. The summed E-state index contributed by atoms with van der Waals surface area (Å²) in [6.45, 7) is 8.31. The van der Waals surface area contributed by atoms with Crippen LogP contribution in [0.25, 0.3) is 0 Å². The van der Waals surface area contributed by atoms with Crippen molar-refractivity contribution in [1.82, 2.24) is 10.2 Å². The molecule has 0 bridgehead atoms. The van der Waals surface area contributed by atoms with Crippen LogP contribution in [0.2, 0.25) is 0 Å². The van der Waals surface area contributed by atoms with Crippen LogP contribution < -0.4 is 5.32 Å². The first-order valence-corrected chi connectivity index (χ1v) is 8.33. The van der Waals surface area contributed by atoms with Crippen molar-refractivity contribution in [3.8, 4) is 0 Å². The van der Waals surface area contributed by atoms with Crippen LogP contribution in [0.1, 0.15) is 13.9 Å². The third kappa shape index (κ3) is 3.02. The number of nitrogens with zero attached hydrogens (tertiary/aromatic N) is 2. The Bertz CT molecular complexity index is 716. The molecule has 0 unspecified atom stereocenters. The standard InChI is InChI=1S/C20H22N3.H2/c1-15-10-17(19-11-22-20-18(19)8-5-9-21-20)14-23(12-15)13-16-6-3-2-4-7-16;/h2-8,10-11,15H,9,12-14H2,1H3,(H,21,22);1H/t15-;/m1./s1. The monoisotopic (exact) mass is 306 g/mol. The molecule has 3 heteroatoms. The van der Waals surface area contributed by atoms with E-state index >= 15 is 0 Å². The highest BCUT2D eigenvalue weighted by Gasteiger charge is 2.26. The summed E-state index contributed by atoms with van der Waals surface area (Å²) in [6, 6.07) is 10.7. The number of nitrogens with one attached hydrogen (secondary N) is 1. The van der Waals surface area contributed by atoms with E-state index in [1.807, 2.05) is 6.54 Å². The molecule has 119 valence electrons. The first kappa shape index (κ1) is 14.5. The van der Waals surface area contributed by atoms with Crippen LogP contribution in [0, 0.1) is 12.5 Å². The van der Waals surface area contributed by atoms with E-state index in [9.17, 15) is 0 Å². The second kappa shape index (κ2) is 6.17. The van der Waals surface area contributed by atoms with E-state index in [1.165, 1.54) is 22.3 Å². The minimum absolute atomic E-state index is 0. The molecule has 1 aromatic rings. The van der Waals surface area contributed by atoms with Gasteiger partial charge in [-0.15, -0.1) is 0 Å². The molecule has 0 aromatic heterocycles. The second-order valence-corrected chi connectivity index (χ2v) is 6.54. The number of hydrogen-bond acceptors (Lipinski definition) is 3. The van der Waals surface area contributed by atoms with Crippen LogP contribution in [-0.2, 0) is 6.54 Å². The van der Waals surface area contributed by atoms with E-state index in [0.717, 1.165) is 32.0 Å². The SMILES string of the molecule is C[C@@H]1C=C(C2=C3C=CCNC3=N[CH]2)CN(Cc2ccccc2)C1.[HH]. The normalized spacial score (nSPS) is 24.1. The number of benzene rings is 1. The lowest BCUT2D eigenvalue weighted by Gasteiger charge is -2.31. The first-order chi connectivity index (χ1) is 11.3. The Morgan fingerprint density at radius 3 is 3.00 bits per heavy atom. The molecule has 0 amide bonds. The van der Waals surface area contributed by atoms with Gasteiger partial charge < -0.3 is 5.32 Å². The highest BCUT2D eigenvalue weighted by Crippen LogP contribution is 2.31. The van der Waals surface area contributed by atoms with E-state index < -0.39 is 0 Å². The topological polar surface area (TPSA) is 27.6 Å². The number of fused-ring (bicyclic) bond motifs is 1. The fourth-order valence-electron chi connectivity index (χ4n) is 3.59. The number of amidine groups is 1. The van der Waals surface area contributed by atoms with Crippen molar-refractivity contribution in [2.45, 2.75) is 13.5 Å². The summed E-state index contributed by atoms with van der Waals surface area (Å²) in [6.07, 6.45) is 6.79. The van der Waals surface area contributed by atoms with Crippen molar-refractivity contribution in [3.63, 3.8) is 0 Å². The van der Waals surface area contributed by atoms with Crippen molar-refractivity contribution in [2.24, 2.45) is 10.9 Å². The van der Waals surface area contributed by atoms with Crippen LogP contribution in [0.3, 0.4) is 0 Å². The molecule has 0 aliphatic carbocycles. The minimum atomic E-state index is 0. The van der Waals surface area contributed by atoms with Gasteiger partial charge in [-0.2, -0.15) is 0 Å². The Hall–Kier alpha value is -2.13. The van der Waals surface area contributed by atoms with E-state index in [2.05, 4.69) is 70.7 Å². The number of rotatable bonds is 3. The minimum Gasteiger partial charge on any atom is -0.366 e. The third-order valence-electron chi connectivity index (χ3n) is 4.56. The molecule has 0 saturated carbocycles. The summed E-state index contributed by atoms with van der Waals surface area (Å²) < 4.78 is 0. The molecule has 1 radical (unpaired) electrons. The summed E-state index contributed by atoms with van der Waals surface area (Å²) in [5, 5.41) is 3.35. The van der Waals surface area contributed by atoms with Crippen molar-refractivity contribution < 1.29 is 1.43 Å². The highest BCUT2D eigenvalue weighted by molar-refractivity contribution is 6.06. The molecule has 23 heavy (non-hydrogen) atoms. The Morgan fingerprint density at radius 1 is 1.26 bits per heavy atom. The van der Waals surface area contributed by atoms with Gasteiger partial charge in [0.25, 0.3) is 0 Å². The van der Waals surface area contributed by atoms with Crippen LogP contribution in [0.4, 0.5) is 0 Å². The summed E-state index contributed by atoms with van der Waals surface area (Å²) in [4.78, 5) is 7.08. The maximum Gasteiger partial charge on any atom is 0.129 e. The van der Waals surface area contributed by atoms with Crippen molar-refractivity contribution in [3.05, 3.63) is 77.4 Å². The lowest BCUT2D eigenvalue weighted by atomic mass is 9.92. The van der Waals surface area contributed by atoms with Gasteiger partial charge in [0, 0.05) is 33.2 Å². The summed E-state index contributed by atoms with van der Waals surface area (Å²) in [5.41, 5.74) is 5.32. The molecule has 3 aliphatic rings. The predicted octanol–water partition coefficient (Wildman–Crippen LogP) is 3.34. The molecule has 3 nitrogen and oxygen atoms in total. The van der Waals surface area contributed by atoms with E-state index in [1.54, 1.807) is 0 Å². The fourth-order valence-corrected chi connectivity index (χ4v) is 3.59. The summed E-state index contributed by atoms with van der Waals surface area (Å²) in [5.74, 6) is 1.59. The lowest BCUT2D eigenvalue weighted by Crippen LogP contribution is -2.34. The molecule has 1 aromatic carbocycles. The van der Waals surface area contributed by atoms with Gasteiger partial charge in [0.2, 0.25) is 0 Å². The van der Waals surface area contributed by atoms with Crippen molar-refractivity contribution in [1.29, 1.82) is 0 Å². The Labute approximate surface area is 139 Å². The zero-order chi connectivity index (χ0) is 15.6. The summed E-state index contributed by atoms with van der Waals surface area (Å²) >= 11 is 0. The average Bonchev–Trinajstić information content (AvgIpc) is 2.99. The molecule has 0 fully saturated rings. The fraction of sp³-hybridized carbons (Fsp3) is 0.300. The van der Waals surface area contributed by atoms with Gasteiger partial charge in [-0.25, -0.2) is 0 Å². The van der Waals surface area contributed by atoms with Gasteiger partial charge in [0.15, 0.2) is 0 Å². The van der Waals surface area contributed by atoms with E-state index in [4.69, 9.17) is 0 Å². The van der Waals surface area contributed by atoms with Crippen molar-refractivity contribution >= 4 is 5.84 Å². The molecular formula is C20H24N3. The quantitative estimate of drug-likeness (QED) is 0.927. The second-order valence-electron chi connectivity index (χ2n) is 6.54. The molecule has 3 aliphatic heterocycles. The number of aliphatic imine (C=N–C) groups is 1. The third-order valence-corrected chi connectivity index (χ3v) is 4.56. The zero-order valence-corrected chi connectivity index (χ0v) is 13.5. The molecule has 0 saturated heterocycles. The molecule has 1 N–H and O–H groups in total. The van der Waals surface area contributed by atoms with E-state index in [-0.39, 0.29) is 1.43 Å². The molecule has 1 atom stereocenters. The molecule has 4 rings (SSSR count). The summed E-state index contributed by atoms with van der Waals surface area (Å²) in [7, 11) is 0. The maximum atomic E-state index is 4.54. The molecule has 0 spiro atoms. The van der Waals surface area contributed by atoms with Gasteiger partial charge >= 0.3 is 0 Å². The lowest BCUT2D eigenvalue weighted by molar-refractivity contribution is 0.252. The van der Waals surface area contributed by atoms with Crippen LogP contribution in [0.5, 0.6) is 0 Å². The smallest absolute Gasteiger partial charge is 0.129 e. The maximum absolute atomic E-state index is 4.54. The Morgan fingerprint density at radius 2 is 2.13 bits per heavy atom. The molecular weight excluding hydrogens is 282 g/mol. The largest absolute Gasteiger partial charge is 0.366 e. The molecule has 3 heterocycles. The number of hydrogen-bond donors (Lipinski definition) is 1. The van der Waals surface area contributed by atoms with Crippen LogP contribution in [0.15, 0.2) is 70.3 Å². The predicted molar refractivity (Wildman–Crippen MR) is 97.0 cm³/mol. The van der Waals surface area contributed by atoms with E-state index in [0.29, 0.717) is 5.92 Å². The Balaban J connectivity index is 0.00000169. The van der Waals surface area contributed by atoms with Crippen LogP contribution >= 0.6 is 0 Å². The Kier molecular flexibility index (Phi) is 3.88. The van der Waals surface area contributed by atoms with Gasteiger partial charge in [-0.05, 0) is 22.6 Å².